The molecule has 1 aromatic rings. The molecule has 1 amide bonds. The van der Waals surface area contributed by atoms with Crippen molar-refractivity contribution >= 4 is 5.91 Å². The molecule has 1 fully saturated rings. The molecule has 2 unspecified atom stereocenters. The number of hydrogen-bond acceptors (Lipinski definition) is 5. The van der Waals surface area contributed by atoms with E-state index in [1.165, 1.54) is 6.92 Å². The first kappa shape index (κ1) is 15.9. The third-order valence-electron chi connectivity index (χ3n) is 3.35. The monoisotopic (exact) mass is 295 g/mol. The number of aliphatic hydroxyl groups is 2. The summed E-state index contributed by atoms with van der Waals surface area (Å²) >= 11 is 0. The van der Waals surface area contributed by atoms with Crippen molar-refractivity contribution in [1.82, 2.24) is 5.32 Å². The second kappa shape index (κ2) is 7.51. The van der Waals surface area contributed by atoms with Gasteiger partial charge in [0.05, 0.1) is 19.3 Å². The molecule has 0 aromatic heterocycles. The van der Waals surface area contributed by atoms with Gasteiger partial charge in [0.1, 0.15) is 6.10 Å². The number of hydrogen-bond donors (Lipinski definition) is 3. The Bertz CT molecular complexity index is 456. The fourth-order valence-corrected chi connectivity index (χ4v) is 2.18. The molecule has 0 bridgehead atoms. The fourth-order valence-electron chi connectivity index (χ4n) is 2.18. The third-order valence-corrected chi connectivity index (χ3v) is 3.35. The molecule has 1 aromatic carbocycles. The van der Waals surface area contributed by atoms with Crippen LogP contribution < -0.4 is 5.32 Å². The van der Waals surface area contributed by atoms with Gasteiger partial charge in [0, 0.05) is 19.0 Å². The van der Waals surface area contributed by atoms with Gasteiger partial charge in [-0.1, -0.05) is 24.3 Å². The summed E-state index contributed by atoms with van der Waals surface area (Å²) in [5, 5.41) is 22.6. The van der Waals surface area contributed by atoms with Gasteiger partial charge in [0.15, 0.2) is 6.29 Å². The number of benzene rings is 1. The summed E-state index contributed by atoms with van der Waals surface area (Å²) in [6, 6.07) is 7.11. The van der Waals surface area contributed by atoms with E-state index in [0.29, 0.717) is 25.3 Å². The smallest absolute Gasteiger partial charge is 0.216 e. The second-order valence-electron chi connectivity index (χ2n) is 5.02. The van der Waals surface area contributed by atoms with Crippen molar-refractivity contribution in [2.24, 2.45) is 0 Å². The van der Waals surface area contributed by atoms with E-state index in [2.05, 4.69) is 5.32 Å². The van der Waals surface area contributed by atoms with Crippen molar-refractivity contribution in [3.05, 3.63) is 35.4 Å². The zero-order chi connectivity index (χ0) is 15.2. The van der Waals surface area contributed by atoms with Crippen molar-refractivity contribution in [2.75, 3.05) is 19.8 Å². The SMILES string of the molecule is CC(=O)NCCC(O)C(O)c1ccc(C2OCCO2)cc1. The Morgan fingerprint density at radius 3 is 2.48 bits per heavy atom. The molecule has 0 spiro atoms. The number of aliphatic hydroxyl groups excluding tert-OH is 2. The zero-order valence-corrected chi connectivity index (χ0v) is 12.0. The van der Waals surface area contributed by atoms with Gasteiger partial charge in [0.2, 0.25) is 5.91 Å². The molecule has 6 nitrogen and oxygen atoms in total. The lowest BCUT2D eigenvalue weighted by Crippen LogP contribution is -2.27. The van der Waals surface area contributed by atoms with E-state index in [9.17, 15) is 15.0 Å². The molecule has 0 aliphatic carbocycles. The van der Waals surface area contributed by atoms with Crippen LogP contribution in [0, 0.1) is 0 Å². The molecule has 2 rings (SSSR count). The fraction of sp³-hybridized carbons (Fsp3) is 0.533. The van der Waals surface area contributed by atoms with Crippen molar-refractivity contribution in [1.29, 1.82) is 0 Å². The highest BCUT2D eigenvalue weighted by atomic mass is 16.7. The van der Waals surface area contributed by atoms with Crippen LogP contribution in [0.2, 0.25) is 0 Å². The van der Waals surface area contributed by atoms with Crippen LogP contribution in [0.4, 0.5) is 0 Å². The van der Waals surface area contributed by atoms with E-state index in [1.54, 1.807) is 12.1 Å². The normalized spacial score (nSPS) is 18.4. The van der Waals surface area contributed by atoms with Gasteiger partial charge in [-0.3, -0.25) is 4.79 Å². The van der Waals surface area contributed by atoms with Crippen molar-refractivity contribution in [2.45, 2.75) is 31.8 Å². The first-order valence-electron chi connectivity index (χ1n) is 7.01. The van der Waals surface area contributed by atoms with Gasteiger partial charge in [-0.2, -0.15) is 0 Å². The van der Waals surface area contributed by atoms with Crippen LogP contribution in [-0.2, 0) is 14.3 Å². The van der Waals surface area contributed by atoms with Gasteiger partial charge in [-0.25, -0.2) is 0 Å². The summed E-state index contributed by atoms with van der Waals surface area (Å²) in [5.41, 5.74) is 1.50. The number of nitrogens with one attached hydrogen (secondary N) is 1. The number of ether oxygens (including phenoxy) is 2. The zero-order valence-electron chi connectivity index (χ0n) is 12.0. The maximum Gasteiger partial charge on any atom is 0.216 e. The molecule has 2 atom stereocenters. The molecule has 1 saturated heterocycles. The molecule has 0 saturated carbocycles. The largest absolute Gasteiger partial charge is 0.390 e. The van der Waals surface area contributed by atoms with E-state index in [1.807, 2.05) is 12.1 Å². The highest BCUT2D eigenvalue weighted by Gasteiger charge is 2.21. The van der Waals surface area contributed by atoms with Crippen molar-refractivity contribution < 1.29 is 24.5 Å². The quantitative estimate of drug-likeness (QED) is 0.717. The third kappa shape index (κ3) is 4.50. The first-order valence-corrected chi connectivity index (χ1v) is 7.01. The molecule has 116 valence electrons. The van der Waals surface area contributed by atoms with Gasteiger partial charge in [0.25, 0.3) is 0 Å². The highest BCUT2D eigenvalue weighted by Crippen LogP contribution is 2.25. The molecule has 1 heterocycles. The van der Waals surface area contributed by atoms with Crippen LogP contribution in [0.25, 0.3) is 0 Å². The van der Waals surface area contributed by atoms with Crippen LogP contribution in [0.15, 0.2) is 24.3 Å². The van der Waals surface area contributed by atoms with Crippen LogP contribution in [0.3, 0.4) is 0 Å². The lowest BCUT2D eigenvalue weighted by atomic mass is 10.0. The van der Waals surface area contributed by atoms with Crippen molar-refractivity contribution in [3.63, 3.8) is 0 Å². The molecular weight excluding hydrogens is 274 g/mol. The topological polar surface area (TPSA) is 88.0 Å². The Hall–Kier alpha value is -1.47. The molecule has 0 radical (unpaired) electrons. The molecular formula is C15H21NO5. The van der Waals surface area contributed by atoms with E-state index in [0.717, 1.165) is 5.56 Å². The van der Waals surface area contributed by atoms with E-state index < -0.39 is 12.2 Å². The van der Waals surface area contributed by atoms with E-state index in [4.69, 9.17) is 9.47 Å². The van der Waals surface area contributed by atoms with Gasteiger partial charge in [-0.15, -0.1) is 0 Å². The molecule has 21 heavy (non-hydrogen) atoms. The average Bonchev–Trinajstić information content (AvgIpc) is 3.00. The summed E-state index contributed by atoms with van der Waals surface area (Å²) in [6.45, 7) is 2.90. The number of carbonyl (C=O) groups is 1. The molecule has 3 N–H and O–H groups in total. The minimum absolute atomic E-state index is 0.155. The summed E-state index contributed by atoms with van der Waals surface area (Å²) < 4.78 is 10.8. The second-order valence-corrected chi connectivity index (χ2v) is 5.02. The van der Waals surface area contributed by atoms with Gasteiger partial charge in [-0.05, 0) is 12.0 Å². The predicted octanol–water partition coefficient (Wildman–Crippen LogP) is 0.652. The standard InChI is InChI=1S/C15H21NO5/c1-10(17)16-7-6-13(18)14(19)11-2-4-12(5-3-11)15-20-8-9-21-15/h2-5,13-15,18-19H,6-9H2,1H3,(H,16,17). The number of carbonyl (C=O) groups excluding carboxylic acids is 1. The Labute approximate surface area is 123 Å². The number of rotatable bonds is 6. The van der Waals surface area contributed by atoms with Crippen LogP contribution in [0.5, 0.6) is 0 Å². The Kier molecular flexibility index (Phi) is 5.69. The maximum absolute atomic E-state index is 10.7. The van der Waals surface area contributed by atoms with E-state index >= 15 is 0 Å². The summed E-state index contributed by atoms with van der Waals surface area (Å²) in [4.78, 5) is 10.7. The van der Waals surface area contributed by atoms with E-state index in [-0.39, 0.29) is 18.6 Å². The Morgan fingerprint density at radius 1 is 1.29 bits per heavy atom. The van der Waals surface area contributed by atoms with Crippen LogP contribution in [0.1, 0.15) is 36.9 Å². The summed E-state index contributed by atoms with van der Waals surface area (Å²) in [7, 11) is 0. The summed E-state index contributed by atoms with van der Waals surface area (Å²) in [5.74, 6) is -0.155. The number of amides is 1. The maximum atomic E-state index is 10.7. The molecule has 1 aliphatic heterocycles. The minimum atomic E-state index is -0.988. The Balaban J connectivity index is 1.89. The average molecular weight is 295 g/mol. The predicted molar refractivity (Wildman–Crippen MR) is 75.4 cm³/mol. The first-order chi connectivity index (χ1) is 10.1. The lowest BCUT2D eigenvalue weighted by Gasteiger charge is -2.19. The molecule has 6 heteroatoms. The summed E-state index contributed by atoms with van der Waals surface area (Å²) in [6.07, 6.45) is -1.97. The van der Waals surface area contributed by atoms with Gasteiger partial charge >= 0.3 is 0 Å². The van der Waals surface area contributed by atoms with Gasteiger partial charge < -0.3 is 25.0 Å². The lowest BCUT2D eigenvalue weighted by molar-refractivity contribution is -0.119. The minimum Gasteiger partial charge on any atom is -0.390 e. The highest BCUT2D eigenvalue weighted by molar-refractivity contribution is 5.72. The van der Waals surface area contributed by atoms with Crippen LogP contribution >= 0.6 is 0 Å². The molecule has 1 aliphatic rings. The van der Waals surface area contributed by atoms with Crippen molar-refractivity contribution in [3.8, 4) is 0 Å². The van der Waals surface area contributed by atoms with Crippen LogP contribution in [-0.4, -0.2) is 42.0 Å². The Morgan fingerprint density at radius 2 is 1.90 bits per heavy atom.